The summed E-state index contributed by atoms with van der Waals surface area (Å²) in [5, 5.41) is 15.3. The molecule has 1 aliphatic carbocycles. The number of hydrogen-bond donors (Lipinski definition) is 2. The van der Waals surface area contributed by atoms with E-state index in [-0.39, 0.29) is 5.75 Å². The quantitative estimate of drug-likeness (QED) is 0.760. The fourth-order valence-corrected chi connectivity index (χ4v) is 3.26. The lowest BCUT2D eigenvalue weighted by Gasteiger charge is -2.03. The molecule has 0 atom stereocenters. The van der Waals surface area contributed by atoms with Gasteiger partial charge < -0.3 is 10.4 Å². The van der Waals surface area contributed by atoms with Gasteiger partial charge in [-0.25, -0.2) is 9.97 Å². The Morgan fingerprint density at radius 1 is 1.14 bits per heavy atom. The summed E-state index contributed by atoms with van der Waals surface area (Å²) < 4.78 is 1.09. The van der Waals surface area contributed by atoms with Crippen LogP contribution < -0.4 is 5.32 Å². The van der Waals surface area contributed by atoms with Crippen molar-refractivity contribution in [2.75, 3.05) is 5.32 Å². The number of para-hydroxylation sites is 1. The fraction of sp³-hybridized carbons (Fsp3) is 0.176. The van der Waals surface area contributed by atoms with E-state index < -0.39 is 0 Å². The van der Waals surface area contributed by atoms with Crippen molar-refractivity contribution >= 4 is 39.5 Å². The molecule has 3 aromatic rings. The van der Waals surface area contributed by atoms with E-state index in [9.17, 15) is 5.11 Å². The number of anilines is 1. The summed E-state index contributed by atoms with van der Waals surface area (Å²) in [6.07, 6.45) is 7.94. The zero-order valence-corrected chi connectivity index (χ0v) is 12.7. The van der Waals surface area contributed by atoms with Gasteiger partial charge in [0, 0.05) is 22.5 Å². The highest BCUT2D eigenvalue weighted by Crippen LogP contribution is 2.33. The van der Waals surface area contributed by atoms with E-state index in [0.29, 0.717) is 6.04 Å². The van der Waals surface area contributed by atoms with Crippen molar-refractivity contribution in [3.8, 4) is 5.75 Å². The van der Waals surface area contributed by atoms with Gasteiger partial charge in [-0.15, -0.1) is 11.3 Å². The minimum absolute atomic E-state index is 0.281. The lowest BCUT2D eigenvalue weighted by atomic mass is 10.1. The van der Waals surface area contributed by atoms with Crippen LogP contribution in [0.15, 0.2) is 36.0 Å². The van der Waals surface area contributed by atoms with Gasteiger partial charge in [0.25, 0.3) is 0 Å². The zero-order chi connectivity index (χ0) is 14.9. The number of phenols is 1. The first-order valence-corrected chi connectivity index (χ1v) is 8.14. The molecule has 22 heavy (non-hydrogen) atoms. The molecule has 0 saturated heterocycles. The molecule has 1 aliphatic rings. The maximum Gasteiger partial charge on any atom is 0.147 e. The maximum absolute atomic E-state index is 9.82. The Bertz CT molecular complexity index is 852. The lowest BCUT2D eigenvalue weighted by molar-refractivity contribution is 0.474. The summed E-state index contributed by atoms with van der Waals surface area (Å²) in [6, 6.07) is 7.86. The number of nitrogens with one attached hydrogen (secondary N) is 1. The van der Waals surface area contributed by atoms with Gasteiger partial charge in [0.1, 0.15) is 17.9 Å². The van der Waals surface area contributed by atoms with Gasteiger partial charge >= 0.3 is 0 Å². The van der Waals surface area contributed by atoms with Gasteiger partial charge in [0.15, 0.2) is 0 Å². The van der Waals surface area contributed by atoms with E-state index in [1.54, 1.807) is 23.7 Å². The Morgan fingerprint density at radius 2 is 1.95 bits per heavy atom. The van der Waals surface area contributed by atoms with Crippen LogP contribution in [0.25, 0.3) is 22.4 Å². The molecule has 0 radical (unpaired) electrons. The van der Waals surface area contributed by atoms with Crippen LogP contribution in [-0.2, 0) is 0 Å². The smallest absolute Gasteiger partial charge is 0.147 e. The third kappa shape index (κ3) is 2.55. The topological polar surface area (TPSA) is 58.0 Å². The Labute approximate surface area is 132 Å². The van der Waals surface area contributed by atoms with Crippen molar-refractivity contribution in [2.45, 2.75) is 18.9 Å². The molecule has 1 aromatic carbocycles. The van der Waals surface area contributed by atoms with Gasteiger partial charge in [-0.3, -0.25) is 0 Å². The zero-order valence-electron chi connectivity index (χ0n) is 11.9. The van der Waals surface area contributed by atoms with Crippen molar-refractivity contribution in [3.63, 3.8) is 0 Å². The molecule has 1 saturated carbocycles. The summed E-state index contributed by atoms with van der Waals surface area (Å²) in [5.41, 5.74) is 2.80. The van der Waals surface area contributed by atoms with Crippen LogP contribution in [-0.4, -0.2) is 21.1 Å². The number of aromatic nitrogens is 2. The Hall–Kier alpha value is -2.40. The van der Waals surface area contributed by atoms with E-state index in [1.807, 2.05) is 30.4 Å². The SMILES string of the molecule is Oc1ccccc1C=Cc1csc2c(NC3CC3)ncnc12. The number of nitrogens with zero attached hydrogens (tertiary/aromatic N) is 2. The van der Waals surface area contributed by atoms with Gasteiger partial charge in [0.2, 0.25) is 0 Å². The number of thiophene rings is 1. The van der Waals surface area contributed by atoms with Crippen molar-refractivity contribution in [3.05, 3.63) is 47.1 Å². The highest BCUT2D eigenvalue weighted by atomic mass is 32.1. The van der Waals surface area contributed by atoms with Crippen LogP contribution in [0.3, 0.4) is 0 Å². The van der Waals surface area contributed by atoms with Gasteiger partial charge in [-0.2, -0.15) is 0 Å². The second-order valence-electron chi connectivity index (χ2n) is 5.40. The molecular formula is C17H15N3OS. The normalized spacial score (nSPS) is 14.7. The predicted octanol–water partition coefficient (Wildman–Crippen LogP) is 4.14. The highest BCUT2D eigenvalue weighted by Gasteiger charge is 2.22. The predicted molar refractivity (Wildman–Crippen MR) is 91.1 cm³/mol. The average molecular weight is 309 g/mol. The number of fused-ring (bicyclic) bond motifs is 1. The fourth-order valence-electron chi connectivity index (χ4n) is 2.32. The first-order chi connectivity index (χ1) is 10.8. The molecule has 0 unspecified atom stereocenters. The number of phenolic OH excluding ortho intramolecular Hbond substituents is 1. The summed E-state index contributed by atoms with van der Waals surface area (Å²) in [5.74, 6) is 1.21. The van der Waals surface area contributed by atoms with Crippen LogP contribution >= 0.6 is 11.3 Å². The molecule has 4 nitrogen and oxygen atoms in total. The van der Waals surface area contributed by atoms with Crippen molar-refractivity contribution in [1.82, 2.24) is 9.97 Å². The van der Waals surface area contributed by atoms with Gasteiger partial charge in [0.05, 0.1) is 10.2 Å². The summed E-state index contributed by atoms with van der Waals surface area (Å²) in [7, 11) is 0. The Kier molecular flexibility index (Phi) is 3.27. The van der Waals surface area contributed by atoms with Crippen molar-refractivity contribution < 1.29 is 5.11 Å². The molecule has 0 amide bonds. The minimum Gasteiger partial charge on any atom is -0.507 e. The minimum atomic E-state index is 0.281. The number of rotatable bonds is 4. The molecule has 2 heterocycles. The largest absolute Gasteiger partial charge is 0.507 e. The maximum atomic E-state index is 9.82. The molecule has 2 N–H and O–H groups in total. The monoisotopic (exact) mass is 309 g/mol. The molecule has 5 heteroatoms. The van der Waals surface area contributed by atoms with E-state index >= 15 is 0 Å². The highest BCUT2D eigenvalue weighted by molar-refractivity contribution is 7.18. The first-order valence-electron chi connectivity index (χ1n) is 7.26. The van der Waals surface area contributed by atoms with Crippen LogP contribution in [0.2, 0.25) is 0 Å². The van der Waals surface area contributed by atoms with E-state index in [4.69, 9.17) is 0 Å². The van der Waals surface area contributed by atoms with Crippen LogP contribution in [0.4, 0.5) is 5.82 Å². The molecular weight excluding hydrogens is 294 g/mol. The molecule has 4 rings (SSSR count). The molecule has 2 aromatic heterocycles. The lowest BCUT2D eigenvalue weighted by Crippen LogP contribution is -2.03. The van der Waals surface area contributed by atoms with E-state index in [0.717, 1.165) is 27.2 Å². The van der Waals surface area contributed by atoms with Crippen LogP contribution in [0.1, 0.15) is 24.0 Å². The molecule has 0 bridgehead atoms. The Morgan fingerprint density at radius 3 is 2.77 bits per heavy atom. The molecule has 0 spiro atoms. The van der Waals surface area contributed by atoms with Gasteiger partial charge in [-0.1, -0.05) is 30.4 Å². The second-order valence-corrected chi connectivity index (χ2v) is 6.28. The summed E-state index contributed by atoms with van der Waals surface area (Å²) in [4.78, 5) is 8.77. The van der Waals surface area contributed by atoms with Crippen molar-refractivity contribution in [2.24, 2.45) is 0 Å². The third-order valence-corrected chi connectivity index (χ3v) is 4.67. The van der Waals surface area contributed by atoms with Crippen molar-refractivity contribution in [1.29, 1.82) is 0 Å². The summed E-state index contributed by atoms with van der Waals surface area (Å²) in [6.45, 7) is 0. The first kappa shape index (κ1) is 13.3. The molecule has 110 valence electrons. The van der Waals surface area contributed by atoms with Gasteiger partial charge in [-0.05, 0) is 18.9 Å². The number of hydrogen-bond acceptors (Lipinski definition) is 5. The standard InChI is InChI=1S/C17H15N3OS/c21-14-4-2-1-3-11(14)5-6-12-9-22-16-15(12)18-10-19-17(16)20-13-7-8-13/h1-6,9-10,13,21H,7-8H2,(H,18,19,20). The molecule has 1 fully saturated rings. The summed E-state index contributed by atoms with van der Waals surface area (Å²) >= 11 is 1.65. The van der Waals surface area contributed by atoms with Crippen LogP contribution in [0, 0.1) is 0 Å². The second kappa shape index (κ2) is 5.42. The van der Waals surface area contributed by atoms with E-state index in [1.165, 1.54) is 12.8 Å². The van der Waals surface area contributed by atoms with Crippen LogP contribution in [0.5, 0.6) is 5.75 Å². The Balaban J connectivity index is 1.69. The number of aromatic hydroxyl groups is 1. The molecule has 0 aliphatic heterocycles. The number of benzene rings is 1. The third-order valence-electron chi connectivity index (χ3n) is 3.68. The average Bonchev–Trinajstić information content (AvgIpc) is 3.25. The van der Waals surface area contributed by atoms with E-state index in [2.05, 4.69) is 20.7 Å².